The Labute approximate surface area is 179 Å². The highest BCUT2D eigenvalue weighted by Gasteiger charge is 2.49. The maximum atomic E-state index is 13.7. The molecule has 1 fully saturated rings. The van der Waals surface area contributed by atoms with Crippen LogP contribution in [0.3, 0.4) is 0 Å². The molecule has 4 nitrogen and oxygen atoms in total. The Morgan fingerprint density at radius 2 is 1.62 bits per heavy atom. The van der Waals surface area contributed by atoms with E-state index in [0.29, 0.717) is 25.0 Å². The number of aromatic nitrogens is 2. The van der Waals surface area contributed by atoms with Crippen LogP contribution < -0.4 is 0 Å². The van der Waals surface area contributed by atoms with Crippen LogP contribution in [0.1, 0.15) is 43.8 Å². The zero-order valence-corrected chi connectivity index (χ0v) is 17.7. The van der Waals surface area contributed by atoms with Crippen LogP contribution in [0.5, 0.6) is 0 Å². The molecule has 0 aliphatic heterocycles. The SMILES string of the molecule is CC(C)(C1CC(Cc2ccnc(C(F)(F)F)n2)C1)S(=O)(=O)c1cc(F)cc(C(F)(F)F)c1. The summed E-state index contributed by atoms with van der Waals surface area (Å²) in [4.78, 5) is 5.92. The number of nitrogens with zero attached hydrogens (tertiary/aromatic N) is 2. The summed E-state index contributed by atoms with van der Waals surface area (Å²) in [6.45, 7) is 2.71. The molecular weight excluding hydrogens is 465 g/mol. The molecule has 0 saturated heterocycles. The molecule has 0 N–H and O–H groups in total. The van der Waals surface area contributed by atoms with Crippen molar-refractivity contribution in [3.8, 4) is 0 Å². The lowest BCUT2D eigenvalue weighted by Crippen LogP contribution is -2.47. The lowest BCUT2D eigenvalue weighted by atomic mass is 9.67. The van der Waals surface area contributed by atoms with E-state index in [-0.39, 0.29) is 24.1 Å². The largest absolute Gasteiger partial charge is 0.451 e. The van der Waals surface area contributed by atoms with Gasteiger partial charge in [-0.05, 0) is 69.2 Å². The first-order valence-corrected chi connectivity index (χ1v) is 11.0. The highest BCUT2D eigenvalue weighted by Crippen LogP contribution is 2.47. The van der Waals surface area contributed by atoms with E-state index in [2.05, 4.69) is 9.97 Å². The molecule has 12 heteroatoms. The molecule has 1 aromatic carbocycles. The van der Waals surface area contributed by atoms with Gasteiger partial charge in [-0.1, -0.05) is 0 Å². The summed E-state index contributed by atoms with van der Waals surface area (Å²) in [5.41, 5.74) is -1.24. The summed E-state index contributed by atoms with van der Waals surface area (Å²) in [7, 11) is -4.34. The van der Waals surface area contributed by atoms with Crippen molar-refractivity contribution in [2.24, 2.45) is 11.8 Å². The van der Waals surface area contributed by atoms with Gasteiger partial charge in [0.05, 0.1) is 15.2 Å². The third-order valence-corrected chi connectivity index (χ3v) is 8.46. The van der Waals surface area contributed by atoms with Crippen LogP contribution in [0.15, 0.2) is 35.4 Å². The van der Waals surface area contributed by atoms with Gasteiger partial charge in [0.1, 0.15) is 5.82 Å². The molecular formula is C20H19F7N2O2S. The average Bonchev–Trinajstić information content (AvgIpc) is 2.62. The number of hydrogen-bond donors (Lipinski definition) is 0. The summed E-state index contributed by atoms with van der Waals surface area (Å²) in [5, 5.41) is 0. The summed E-state index contributed by atoms with van der Waals surface area (Å²) < 4.78 is 116. The number of hydrogen-bond acceptors (Lipinski definition) is 4. The normalized spacial score (nSPS) is 20.2. The summed E-state index contributed by atoms with van der Waals surface area (Å²) >= 11 is 0. The molecule has 1 heterocycles. The first-order valence-electron chi connectivity index (χ1n) is 9.53. The van der Waals surface area contributed by atoms with Gasteiger partial charge < -0.3 is 0 Å². The van der Waals surface area contributed by atoms with Gasteiger partial charge in [0.2, 0.25) is 5.82 Å². The molecule has 0 spiro atoms. The predicted molar refractivity (Wildman–Crippen MR) is 99.6 cm³/mol. The van der Waals surface area contributed by atoms with Crippen LogP contribution in [0.2, 0.25) is 0 Å². The Morgan fingerprint density at radius 3 is 2.19 bits per heavy atom. The van der Waals surface area contributed by atoms with E-state index < -0.39 is 55.0 Å². The molecule has 3 rings (SSSR count). The van der Waals surface area contributed by atoms with Crippen molar-refractivity contribution in [3.05, 3.63) is 53.4 Å². The fourth-order valence-corrected chi connectivity index (χ4v) is 5.61. The molecule has 0 radical (unpaired) electrons. The van der Waals surface area contributed by atoms with Crippen LogP contribution in [-0.4, -0.2) is 23.1 Å². The van der Waals surface area contributed by atoms with Gasteiger partial charge in [-0.3, -0.25) is 0 Å². The van der Waals surface area contributed by atoms with Crippen molar-refractivity contribution in [3.63, 3.8) is 0 Å². The van der Waals surface area contributed by atoms with Crippen molar-refractivity contribution in [2.45, 2.75) is 55.1 Å². The number of benzene rings is 1. The fourth-order valence-electron chi connectivity index (χ4n) is 3.82. The predicted octanol–water partition coefficient (Wildman–Crippen LogP) is 5.47. The Kier molecular flexibility index (Phi) is 6.07. The van der Waals surface area contributed by atoms with E-state index in [9.17, 15) is 39.2 Å². The van der Waals surface area contributed by atoms with Gasteiger partial charge in [0.15, 0.2) is 9.84 Å². The summed E-state index contributed by atoms with van der Waals surface area (Å²) in [6.07, 6.45) is -7.79. The molecule has 0 bridgehead atoms. The minimum Gasteiger partial charge on any atom is -0.233 e. The molecule has 32 heavy (non-hydrogen) atoms. The summed E-state index contributed by atoms with van der Waals surface area (Å²) in [6, 6.07) is 2.54. The van der Waals surface area contributed by atoms with E-state index in [4.69, 9.17) is 0 Å². The fraction of sp³-hybridized carbons (Fsp3) is 0.500. The smallest absolute Gasteiger partial charge is 0.233 e. The first-order chi connectivity index (χ1) is 14.5. The molecule has 0 amide bonds. The lowest BCUT2D eigenvalue weighted by Gasteiger charge is -2.44. The van der Waals surface area contributed by atoms with Gasteiger partial charge in [0, 0.05) is 11.9 Å². The summed E-state index contributed by atoms with van der Waals surface area (Å²) in [5.74, 6) is -3.20. The van der Waals surface area contributed by atoms with Crippen LogP contribution in [0.4, 0.5) is 30.7 Å². The Hall–Kier alpha value is -2.24. The van der Waals surface area contributed by atoms with Crippen molar-refractivity contribution in [1.29, 1.82) is 0 Å². The molecule has 1 saturated carbocycles. The standard InChI is InChI=1S/C20H19F7N2O2S/c1-18(2,32(30,31)16-9-13(19(22,23)24)8-14(21)10-16)12-5-11(6-12)7-15-3-4-28-17(29-15)20(25,26)27/h3-4,8-12H,5-7H2,1-2H3. The van der Waals surface area contributed by atoms with E-state index in [1.165, 1.54) is 19.9 Å². The minimum atomic E-state index is -4.91. The molecule has 0 atom stereocenters. The van der Waals surface area contributed by atoms with E-state index >= 15 is 0 Å². The molecule has 1 aromatic heterocycles. The monoisotopic (exact) mass is 484 g/mol. The highest BCUT2D eigenvalue weighted by atomic mass is 32.2. The van der Waals surface area contributed by atoms with E-state index in [1.807, 2.05) is 0 Å². The van der Waals surface area contributed by atoms with Crippen molar-refractivity contribution in [2.75, 3.05) is 0 Å². The average molecular weight is 484 g/mol. The molecule has 1 aliphatic carbocycles. The third-order valence-electron chi connectivity index (χ3n) is 5.89. The second-order valence-corrected chi connectivity index (χ2v) is 10.9. The maximum absolute atomic E-state index is 13.7. The lowest BCUT2D eigenvalue weighted by molar-refractivity contribution is -0.145. The van der Waals surface area contributed by atoms with E-state index in [0.717, 1.165) is 6.20 Å². The molecule has 2 aromatic rings. The first kappa shape index (κ1) is 24.4. The molecule has 1 aliphatic rings. The van der Waals surface area contributed by atoms with Crippen molar-refractivity contribution < 1.29 is 39.2 Å². The van der Waals surface area contributed by atoms with Gasteiger partial charge in [-0.15, -0.1) is 0 Å². The number of halogens is 7. The van der Waals surface area contributed by atoms with Crippen LogP contribution >= 0.6 is 0 Å². The Morgan fingerprint density at radius 1 is 1.00 bits per heavy atom. The van der Waals surface area contributed by atoms with Gasteiger partial charge >= 0.3 is 12.4 Å². The van der Waals surface area contributed by atoms with Gasteiger partial charge in [-0.2, -0.15) is 26.3 Å². The topological polar surface area (TPSA) is 59.9 Å². The van der Waals surface area contributed by atoms with Gasteiger partial charge in [-0.25, -0.2) is 22.8 Å². The quantitative estimate of drug-likeness (QED) is 0.528. The molecule has 0 unspecified atom stereocenters. The van der Waals surface area contributed by atoms with Crippen molar-refractivity contribution in [1.82, 2.24) is 9.97 Å². The number of sulfone groups is 1. The second kappa shape index (κ2) is 7.96. The highest BCUT2D eigenvalue weighted by molar-refractivity contribution is 7.92. The van der Waals surface area contributed by atoms with E-state index in [1.54, 1.807) is 0 Å². The van der Waals surface area contributed by atoms with Crippen LogP contribution in [0.25, 0.3) is 0 Å². The second-order valence-electron chi connectivity index (χ2n) is 8.39. The Bertz CT molecular complexity index is 1110. The van der Waals surface area contributed by atoms with Crippen LogP contribution in [0, 0.1) is 17.7 Å². The van der Waals surface area contributed by atoms with Crippen molar-refractivity contribution >= 4 is 9.84 Å². The zero-order chi connectivity index (χ0) is 24.1. The zero-order valence-electron chi connectivity index (χ0n) is 16.9. The minimum absolute atomic E-state index is 0.149. The maximum Gasteiger partial charge on any atom is 0.451 e. The van der Waals surface area contributed by atoms with Crippen LogP contribution in [-0.2, 0) is 28.6 Å². The third kappa shape index (κ3) is 4.74. The van der Waals surface area contributed by atoms with Gasteiger partial charge in [0.25, 0.3) is 0 Å². The molecule has 176 valence electrons. The number of rotatable bonds is 5. The number of alkyl halides is 6. The Balaban J connectivity index is 1.76.